The zero-order valence-corrected chi connectivity index (χ0v) is 13.7. The normalized spacial score (nSPS) is 11.6. The number of rotatable bonds is 5. The van der Waals surface area contributed by atoms with Crippen LogP contribution in [0.4, 0.5) is 0 Å². The van der Waals surface area contributed by atoms with E-state index in [0.717, 1.165) is 23.3 Å². The summed E-state index contributed by atoms with van der Waals surface area (Å²) in [5.41, 5.74) is 10.8. The van der Waals surface area contributed by atoms with E-state index in [1.54, 1.807) is 0 Å². The van der Waals surface area contributed by atoms with Crippen molar-refractivity contribution in [2.45, 2.75) is 39.8 Å². The Balaban J connectivity index is 0.00000220. The predicted molar refractivity (Wildman–Crippen MR) is 91.2 cm³/mol. The molecule has 0 unspecified atom stereocenters. The summed E-state index contributed by atoms with van der Waals surface area (Å²) in [6.45, 7) is 6.87. The zero-order valence-electron chi connectivity index (χ0n) is 12.9. The third kappa shape index (κ3) is 4.48. The Bertz CT molecular complexity index is 546. The van der Waals surface area contributed by atoms with E-state index in [4.69, 9.17) is 10.5 Å². The van der Waals surface area contributed by atoms with Gasteiger partial charge in [0, 0.05) is 6.04 Å². The molecule has 0 amide bonds. The van der Waals surface area contributed by atoms with Gasteiger partial charge in [0.25, 0.3) is 0 Å². The summed E-state index contributed by atoms with van der Waals surface area (Å²) in [6, 6.07) is 14.6. The number of hydrogen-bond acceptors (Lipinski definition) is 2. The zero-order chi connectivity index (χ0) is 14.5. The molecule has 0 aliphatic rings. The molecule has 3 heteroatoms. The van der Waals surface area contributed by atoms with Gasteiger partial charge in [0.1, 0.15) is 12.4 Å². The Morgan fingerprint density at radius 1 is 1.05 bits per heavy atom. The molecular weight excluding hydrogens is 282 g/mol. The van der Waals surface area contributed by atoms with Crippen LogP contribution in [0.25, 0.3) is 0 Å². The van der Waals surface area contributed by atoms with E-state index in [1.165, 1.54) is 11.1 Å². The number of halogens is 1. The van der Waals surface area contributed by atoms with Crippen LogP contribution in [0.5, 0.6) is 5.75 Å². The predicted octanol–water partition coefficient (Wildman–Crippen LogP) is 4.71. The highest BCUT2D eigenvalue weighted by Crippen LogP contribution is 2.28. The second-order valence-electron chi connectivity index (χ2n) is 5.27. The summed E-state index contributed by atoms with van der Waals surface area (Å²) >= 11 is 0. The lowest BCUT2D eigenvalue weighted by Gasteiger charge is -2.16. The van der Waals surface area contributed by atoms with Crippen molar-refractivity contribution >= 4 is 12.4 Å². The number of ether oxygens (including phenoxy) is 1. The molecule has 0 radical (unpaired) electrons. The van der Waals surface area contributed by atoms with Crippen molar-refractivity contribution in [3.05, 3.63) is 64.7 Å². The first kappa shape index (κ1) is 17.5. The van der Waals surface area contributed by atoms with Crippen molar-refractivity contribution in [2.24, 2.45) is 5.73 Å². The highest BCUT2D eigenvalue weighted by molar-refractivity contribution is 5.85. The molecule has 114 valence electrons. The molecule has 1 atom stereocenters. The summed E-state index contributed by atoms with van der Waals surface area (Å²) in [5.74, 6) is 0.973. The Kier molecular flexibility index (Phi) is 6.73. The van der Waals surface area contributed by atoms with Crippen LogP contribution in [0.1, 0.15) is 41.6 Å². The third-order valence-corrected chi connectivity index (χ3v) is 3.58. The molecule has 2 N–H and O–H groups in total. The van der Waals surface area contributed by atoms with Crippen molar-refractivity contribution in [2.75, 3.05) is 0 Å². The molecule has 0 saturated heterocycles. The largest absolute Gasteiger partial charge is 0.488 e. The summed E-state index contributed by atoms with van der Waals surface area (Å²) in [5, 5.41) is 0. The van der Waals surface area contributed by atoms with Gasteiger partial charge in [-0.2, -0.15) is 0 Å². The summed E-state index contributed by atoms with van der Waals surface area (Å²) in [6.07, 6.45) is 0.948. The lowest BCUT2D eigenvalue weighted by atomic mass is 9.99. The van der Waals surface area contributed by atoms with Crippen LogP contribution in [0.2, 0.25) is 0 Å². The van der Waals surface area contributed by atoms with Gasteiger partial charge in [0.15, 0.2) is 0 Å². The van der Waals surface area contributed by atoms with E-state index in [9.17, 15) is 0 Å². The van der Waals surface area contributed by atoms with Gasteiger partial charge in [0.05, 0.1) is 0 Å². The maximum absolute atomic E-state index is 6.11. The molecular formula is C18H24ClNO. The maximum atomic E-state index is 6.11. The van der Waals surface area contributed by atoms with Crippen molar-refractivity contribution in [3.8, 4) is 5.75 Å². The highest BCUT2D eigenvalue weighted by atomic mass is 35.5. The maximum Gasteiger partial charge on any atom is 0.125 e. The fourth-order valence-corrected chi connectivity index (χ4v) is 2.39. The first-order chi connectivity index (χ1) is 9.61. The van der Waals surface area contributed by atoms with Crippen molar-refractivity contribution in [3.63, 3.8) is 0 Å². The van der Waals surface area contributed by atoms with E-state index in [1.807, 2.05) is 18.2 Å². The Labute approximate surface area is 133 Å². The van der Waals surface area contributed by atoms with Gasteiger partial charge in [-0.05, 0) is 42.5 Å². The van der Waals surface area contributed by atoms with Crippen molar-refractivity contribution in [1.82, 2.24) is 0 Å². The van der Waals surface area contributed by atoms with E-state index in [2.05, 4.69) is 45.0 Å². The number of aryl methyl sites for hydroxylation is 2. The Hall–Kier alpha value is -1.51. The molecule has 2 rings (SSSR count). The minimum Gasteiger partial charge on any atom is -0.488 e. The average Bonchev–Trinajstić information content (AvgIpc) is 2.46. The van der Waals surface area contributed by atoms with Gasteiger partial charge in [-0.25, -0.2) is 0 Å². The number of nitrogens with two attached hydrogens (primary N) is 1. The van der Waals surface area contributed by atoms with Crippen LogP contribution in [0.15, 0.2) is 42.5 Å². The van der Waals surface area contributed by atoms with Crippen molar-refractivity contribution < 1.29 is 4.74 Å². The first-order valence-electron chi connectivity index (χ1n) is 7.15. The minimum absolute atomic E-state index is 0. The van der Waals surface area contributed by atoms with Crippen LogP contribution in [0, 0.1) is 13.8 Å². The molecule has 0 bridgehead atoms. The third-order valence-electron chi connectivity index (χ3n) is 3.58. The van der Waals surface area contributed by atoms with E-state index in [-0.39, 0.29) is 18.4 Å². The second kappa shape index (κ2) is 8.06. The number of benzene rings is 2. The smallest absolute Gasteiger partial charge is 0.125 e. The molecule has 0 aliphatic carbocycles. The molecule has 0 saturated carbocycles. The molecule has 2 nitrogen and oxygen atoms in total. The fraction of sp³-hybridized carbons (Fsp3) is 0.333. The van der Waals surface area contributed by atoms with Gasteiger partial charge in [-0.1, -0.05) is 49.4 Å². The highest BCUT2D eigenvalue weighted by Gasteiger charge is 2.10. The molecule has 2 aromatic rings. The standard InChI is InChI=1S/C18H23NO.ClH/c1-4-17(19)16-10-13(2)18(14(3)11-16)20-12-15-8-6-5-7-9-15;/h5-11,17H,4,12,19H2,1-3H3;1H/t17-;/m0./s1. The molecule has 21 heavy (non-hydrogen) atoms. The summed E-state index contributed by atoms with van der Waals surface area (Å²) < 4.78 is 5.98. The van der Waals surface area contributed by atoms with E-state index in [0.29, 0.717) is 6.61 Å². The van der Waals surface area contributed by atoms with Crippen LogP contribution >= 0.6 is 12.4 Å². The van der Waals surface area contributed by atoms with Gasteiger partial charge < -0.3 is 10.5 Å². The number of hydrogen-bond donors (Lipinski definition) is 1. The van der Waals surface area contributed by atoms with E-state index >= 15 is 0 Å². The van der Waals surface area contributed by atoms with E-state index < -0.39 is 0 Å². The van der Waals surface area contributed by atoms with Gasteiger partial charge in [0.2, 0.25) is 0 Å². The molecule has 0 aromatic heterocycles. The monoisotopic (exact) mass is 305 g/mol. The van der Waals surface area contributed by atoms with Gasteiger partial charge >= 0.3 is 0 Å². The second-order valence-corrected chi connectivity index (χ2v) is 5.27. The van der Waals surface area contributed by atoms with Gasteiger partial charge in [-0.15, -0.1) is 12.4 Å². The molecule has 2 aromatic carbocycles. The summed E-state index contributed by atoms with van der Waals surface area (Å²) in [7, 11) is 0. The fourth-order valence-electron chi connectivity index (χ4n) is 2.39. The quantitative estimate of drug-likeness (QED) is 0.868. The molecule has 0 heterocycles. The lowest BCUT2D eigenvalue weighted by Crippen LogP contribution is -2.10. The minimum atomic E-state index is 0. The van der Waals surface area contributed by atoms with Crippen LogP contribution < -0.4 is 10.5 Å². The lowest BCUT2D eigenvalue weighted by molar-refractivity contribution is 0.302. The average molecular weight is 306 g/mol. The van der Waals surface area contributed by atoms with Crippen LogP contribution in [-0.2, 0) is 6.61 Å². The topological polar surface area (TPSA) is 35.2 Å². The molecule has 0 aliphatic heterocycles. The molecule has 0 spiro atoms. The SMILES string of the molecule is CC[C@H](N)c1cc(C)c(OCc2ccccc2)c(C)c1.Cl. The molecule has 0 fully saturated rings. The van der Waals surface area contributed by atoms with Crippen LogP contribution in [-0.4, -0.2) is 0 Å². The van der Waals surface area contributed by atoms with Crippen LogP contribution in [0.3, 0.4) is 0 Å². The Morgan fingerprint density at radius 3 is 2.14 bits per heavy atom. The van der Waals surface area contributed by atoms with Crippen molar-refractivity contribution in [1.29, 1.82) is 0 Å². The summed E-state index contributed by atoms with van der Waals surface area (Å²) in [4.78, 5) is 0. The van der Waals surface area contributed by atoms with Gasteiger partial charge in [-0.3, -0.25) is 0 Å². The first-order valence-corrected chi connectivity index (χ1v) is 7.15. The Morgan fingerprint density at radius 2 is 1.62 bits per heavy atom.